The Bertz CT molecular complexity index is 796. The van der Waals surface area contributed by atoms with Crippen molar-refractivity contribution in [3.63, 3.8) is 0 Å². The van der Waals surface area contributed by atoms with Crippen LogP contribution in [0.5, 0.6) is 0 Å². The summed E-state index contributed by atoms with van der Waals surface area (Å²) in [6, 6.07) is 16.0. The van der Waals surface area contributed by atoms with Crippen LogP contribution < -0.4 is 5.32 Å². The van der Waals surface area contributed by atoms with Crippen molar-refractivity contribution >= 4 is 17.3 Å². The van der Waals surface area contributed by atoms with E-state index < -0.39 is 0 Å². The summed E-state index contributed by atoms with van der Waals surface area (Å²) in [4.78, 5) is 0. The number of nitrogens with one attached hydrogen (secondary N) is 1. The van der Waals surface area contributed by atoms with Crippen LogP contribution >= 0.6 is 11.6 Å². The molecule has 3 nitrogen and oxygen atoms in total. The average Bonchev–Trinajstić information content (AvgIpc) is 3.07. The van der Waals surface area contributed by atoms with Gasteiger partial charge in [-0.2, -0.15) is 5.26 Å². The summed E-state index contributed by atoms with van der Waals surface area (Å²) in [5.74, 6) is 0.335. The molecule has 0 bridgehead atoms. The molecule has 1 N–H and O–H groups in total. The van der Waals surface area contributed by atoms with Gasteiger partial charge < -0.3 is 10.1 Å². The normalized spacial score (nSPS) is 28.4. The Hall–Kier alpha value is -2.02. The van der Waals surface area contributed by atoms with E-state index in [-0.39, 0.29) is 11.6 Å². The van der Waals surface area contributed by atoms with Crippen LogP contribution in [0.25, 0.3) is 0 Å². The van der Waals surface area contributed by atoms with Gasteiger partial charge >= 0.3 is 0 Å². The SMILES string of the molecule is C[C@@]1(c2ccc(C#N)cc2)Nc2ccc(Cl)cc2[C@@H]2OCC[C@@H]21. The predicted molar refractivity (Wildman–Crippen MR) is 90.4 cm³/mol. The Labute approximate surface area is 140 Å². The highest BCUT2D eigenvalue weighted by Gasteiger charge is 2.48. The number of ether oxygens (including phenoxy) is 1. The molecule has 116 valence electrons. The van der Waals surface area contributed by atoms with Crippen LogP contribution in [0.1, 0.15) is 36.1 Å². The Morgan fingerprint density at radius 2 is 2.04 bits per heavy atom. The molecule has 0 radical (unpaired) electrons. The van der Waals surface area contributed by atoms with E-state index >= 15 is 0 Å². The van der Waals surface area contributed by atoms with E-state index in [0.29, 0.717) is 11.5 Å². The second-order valence-corrected chi connectivity index (χ2v) is 6.87. The number of benzene rings is 2. The molecule has 2 aromatic carbocycles. The van der Waals surface area contributed by atoms with Gasteiger partial charge in [0.2, 0.25) is 0 Å². The molecule has 0 spiro atoms. The monoisotopic (exact) mass is 324 g/mol. The molecule has 1 fully saturated rings. The van der Waals surface area contributed by atoms with Crippen molar-refractivity contribution in [1.29, 1.82) is 5.26 Å². The van der Waals surface area contributed by atoms with Gasteiger partial charge in [-0.3, -0.25) is 0 Å². The highest BCUT2D eigenvalue weighted by atomic mass is 35.5. The molecule has 0 saturated carbocycles. The summed E-state index contributed by atoms with van der Waals surface area (Å²) in [6.07, 6.45) is 1.06. The fourth-order valence-corrected chi connectivity index (χ4v) is 4.10. The molecule has 0 aliphatic carbocycles. The van der Waals surface area contributed by atoms with Gasteiger partial charge in [-0.1, -0.05) is 23.7 Å². The fraction of sp³-hybridized carbons (Fsp3) is 0.316. The summed E-state index contributed by atoms with van der Waals surface area (Å²) in [5.41, 5.74) is 3.85. The van der Waals surface area contributed by atoms with Crippen LogP contribution in [0.4, 0.5) is 5.69 Å². The van der Waals surface area contributed by atoms with E-state index in [9.17, 15) is 0 Å². The Morgan fingerprint density at radius 1 is 1.26 bits per heavy atom. The first-order chi connectivity index (χ1) is 11.1. The number of nitrogens with zero attached hydrogens (tertiary/aromatic N) is 1. The first-order valence-electron chi connectivity index (χ1n) is 7.82. The number of nitriles is 1. The molecule has 4 heteroatoms. The van der Waals surface area contributed by atoms with Crippen LogP contribution in [-0.4, -0.2) is 6.61 Å². The van der Waals surface area contributed by atoms with E-state index in [4.69, 9.17) is 21.6 Å². The third-order valence-corrected chi connectivity index (χ3v) is 5.40. The first kappa shape index (κ1) is 14.6. The smallest absolute Gasteiger partial charge is 0.0991 e. The van der Waals surface area contributed by atoms with Crippen LogP contribution in [-0.2, 0) is 10.3 Å². The molecule has 0 unspecified atom stereocenters. The van der Waals surface area contributed by atoms with Crippen molar-refractivity contribution in [3.05, 3.63) is 64.2 Å². The molecule has 2 aliphatic rings. The van der Waals surface area contributed by atoms with E-state index in [2.05, 4.69) is 18.3 Å². The maximum Gasteiger partial charge on any atom is 0.0991 e. The maximum absolute atomic E-state index is 9.01. The lowest BCUT2D eigenvalue weighted by atomic mass is 9.71. The average molecular weight is 325 g/mol. The zero-order valence-corrected chi connectivity index (χ0v) is 13.6. The molecule has 0 aromatic heterocycles. The fourth-order valence-electron chi connectivity index (χ4n) is 3.92. The van der Waals surface area contributed by atoms with Crippen molar-refractivity contribution in [2.45, 2.75) is 25.0 Å². The van der Waals surface area contributed by atoms with Crippen LogP contribution in [0.15, 0.2) is 42.5 Å². The molecule has 0 amide bonds. The molecule has 1 saturated heterocycles. The Morgan fingerprint density at radius 3 is 2.78 bits per heavy atom. The number of hydrogen-bond acceptors (Lipinski definition) is 3. The minimum absolute atomic E-state index is 0.0607. The van der Waals surface area contributed by atoms with Crippen molar-refractivity contribution in [1.82, 2.24) is 0 Å². The van der Waals surface area contributed by atoms with Gasteiger partial charge in [-0.05, 0) is 49.2 Å². The van der Waals surface area contributed by atoms with Gasteiger partial charge in [-0.25, -0.2) is 0 Å². The van der Waals surface area contributed by atoms with Crippen molar-refractivity contribution in [2.24, 2.45) is 5.92 Å². The molecular formula is C19H17ClN2O. The number of hydrogen-bond donors (Lipinski definition) is 1. The Kier molecular flexibility index (Phi) is 3.33. The quantitative estimate of drug-likeness (QED) is 0.831. The standard InChI is InChI=1S/C19H17ClN2O/c1-19(13-4-2-12(11-21)3-5-13)16-8-9-23-18(16)15-10-14(20)6-7-17(15)22-19/h2-7,10,16,18,22H,8-9H2,1H3/t16-,18-,19-/m0/s1. The lowest BCUT2D eigenvalue weighted by molar-refractivity contribution is 0.0686. The molecular weight excluding hydrogens is 308 g/mol. The summed E-state index contributed by atoms with van der Waals surface area (Å²) < 4.78 is 6.05. The topological polar surface area (TPSA) is 45.0 Å². The molecule has 2 aromatic rings. The van der Waals surface area contributed by atoms with Crippen molar-refractivity contribution in [3.8, 4) is 6.07 Å². The van der Waals surface area contributed by atoms with E-state index in [1.54, 1.807) is 0 Å². The van der Waals surface area contributed by atoms with Crippen molar-refractivity contribution in [2.75, 3.05) is 11.9 Å². The van der Waals surface area contributed by atoms with Crippen molar-refractivity contribution < 1.29 is 4.74 Å². The highest BCUT2D eigenvalue weighted by molar-refractivity contribution is 6.30. The van der Waals surface area contributed by atoms with Crippen LogP contribution in [0.2, 0.25) is 5.02 Å². The maximum atomic E-state index is 9.01. The number of anilines is 1. The third kappa shape index (κ3) is 2.22. The summed E-state index contributed by atoms with van der Waals surface area (Å²) >= 11 is 6.17. The summed E-state index contributed by atoms with van der Waals surface area (Å²) in [6.45, 7) is 2.98. The second-order valence-electron chi connectivity index (χ2n) is 6.43. The van der Waals surface area contributed by atoms with Gasteiger partial charge in [0.25, 0.3) is 0 Å². The summed E-state index contributed by atoms with van der Waals surface area (Å²) in [7, 11) is 0. The molecule has 2 aliphatic heterocycles. The lowest BCUT2D eigenvalue weighted by Crippen LogP contribution is -2.44. The largest absolute Gasteiger partial charge is 0.375 e. The summed E-state index contributed by atoms with van der Waals surface area (Å²) in [5, 5.41) is 13.5. The zero-order chi connectivity index (χ0) is 16.0. The Balaban J connectivity index is 1.82. The number of rotatable bonds is 1. The number of halogens is 1. The van der Waals surface area contributed by atoms with Gasteiger partial charge in [0.1, 0.15) is 0 Å². The van der Waals surface area contributed by atoms with E-state index in [1.165, 1.54) is 5.56 Å². The van der Waals surface area contributed by atoms with Crippen LogP contribution in [0.3, 0.4) is 0 Å². The van der Waals surface area contributed by atoms with Gasteiger partial charge in [0.15, 0.2) is 0 Å². The minimum atomic E-state index is -0.226. The van der Waals surface area contributed by atoms with E-state index in [1.807, 2.05) is 42.5 Å². The van der Waals surface area contributed by atoms with Crippen LogP contribution in [0, 0.1) is 17.2 Å². The van der Waals surface area contributed by atoms with Gasteiger partial charge in [0, 0.05) is 28.8 Å². The third-order valence-electron chi connectivity index (χ3n) is 5.16. The number of fused-ring (bicyclic) bond motifs is 3. The van der Waals surface area contributed by atoms with Gasteiger partial charge in [-0.15, -0.1) is 0 Å². The van der Waals surface area contributed by atoms with E-state index in [0.717, 1.165) is 29.3 Å². The van der Waals surface area contributed by atoms with Gasteiger partial charge in [0.05, 0.1) is 23.3 Å². The second kappa shape index (κ2) is 5.26. The lowest BCUT2D eigenvalue weighted by Gasteiger charge is -2.45. The molecule has 3 atom stereocenters. The highest BCUT2D eigenvalue weighted by Crippen LogP contribution is 2.53. The molecule has 4 rings (SSSR count). The molecule has 23 heavy (non-hydrogen) atoms. The molecule has 2 heterocycles. The zero-order valence-electron chi connectivity index (χ0n) is 12.8. The first-order valence-corrected chi connectivity index (χ1v) is 8.19. The minimum Gasteiger partial charge on any atom is -0.375 e. The predicted octanol–water partition coefficient (Wildman–Crippen LogP) is 4.63.